The third-order valence-corrected chi connectivity index (χ3v) is 1.86. The zero-order valence-corrected chi connectivity index (χ0v) is 9.25. The lowest BCUT2D eigenvalue weighted by Gasteiger charge is -2.18. The fraction of sp³-hybridized carbons (Fsp3) is 0.600. The fourth-order valence-corrected chi connectivity index (χ4v) is 1.08. The van der Waals surface area contributed by atoms with E-state index in [0.29, 0.717) is 6.54 Å². The predicted octanol–water partition coefficient (Wildman–Crippen LogP) is -0.612. The largest absolute Gasteiger partial charge is 0.368 e. The number of carbonyl (C=O) groups is 2. The van der Waals surface area contributed by atoms with Crippen molar-refractivity contribution >= 4 is 11.8 Å². The van der Waals surface area contributed by atoms with E-state index < -0.39 is 11.9 Å². The maximum Gasteiger partial charge on any atom is 0.240 e. The van der Waals surface area contributed by atoms with Gasteiger partial charge in [-0.05, 0) is 5.92 Å². The Balaban J connectivity index is 4.00. The van der Waals surface area contributed by atoms with Gasteiger partial charge in [0.25, 0.3) is 0 Å². The van der Waals surface area contributed by atoms with Crippen LogP contribution in [0, 0.1) is 5.92 Å². The second kappa shape index (κ2) is 7.00. The molecule has 0 saturated carbocycles. The molecular weight excluding hydrogens is 194 g/mol. The Kier molecular flexibility index (Phi) is 6.37. The zero-order chi connectivity index (χ0) is 11.8. The summed E-state index contributed by atoms with van der Waals surface area (Å²) in [6.07, 6.45) is 1.65. The summed E-state index contributed by atoms with van der Waals surface area (Å²) >= 11 is 0. The van der Waals surface area contributed by atoms with Crippen LogP contribution in [0.25, 0.3) is 0 Å². The number of primary amides is 1. The Bertz CT molecular complexity index is 239. The zero-order valence-electron chi connectivity index (χ0n) is 9.25. The molecule has 86 valence electrons. The number of amides is 2. The van der Waals surface area contributed by atoms with Crippen LogP contribution in [0.15, 0.2) is 12.7 Å². The van der Waals surface area contributed by atoms with Crippen molar-refractivity contribution in [2.45, 2.75) is 19.9 Å². The number of hydrogen-bond acceptors (Lipinski definition) is 3. The maximum absolute atomic E-state index is 11.3. The van der Waals surface area contributed by atoms with Crippen molar-refractivity contribution in [1.82, 2.24) is 10.6 Å². The van der Waals surface area contributed by atoms with Crippen LogP contribution in [0.3, 0.4) is 0 Å². The highest BCUT2D eigenvalue weighted by Crippen LogP contribution is 1.99. The van der Waals surface area contributed by atoms with Crippen LogP contribution in [-0.4, -0.2) is 30.9 Å². The van der Waals surface area contributed by atoms with E-state index in [1.165, 1.54) is 0 Å². The Hall–Kier alpha value is -1.36. The monoisotopic (exact) mass is 213 g/mol. The molecule has 0 bridgehead atoms. The van der Waals surface area contributed by atoms with E-state index in [4.69, 9.17) is 5.73 Å². The van der Waals surface area contributed by atoms with Gasteiger partial charge in [0.15, 0.2) is 0 Å². The van der Waals surface area contributed by atoms with Gasteiger partial charge in [0, 0.05) is 6.54 Å². The lowest BCUT2D eigenvalue weighted by atomic mass is 10.0. The highest BCUT2D eigenvalue weighted by Gasteiger charge is 2.20. The van der Waals surface area contributed by atoms with Gasteiger partial charge in [0.05, 0.1) is 6.54 Å². The molecule has 0 rings (SSSR count). The second-order valence-electron chi connectivity index (χ2n) is 3.61. The van der Waals surface area contributed by atoms with Crippen molar-refractivity contribution in [2.75, 3.05) is 13.1 Å². The highest BCUT2D eigenvalue weighted by atomic mass is 16.2. The molecule has 0 fully saturated rings. The van der Waals surface area contributed by atoms with E-state index in [-0.39, 0.29) is 18.4 Å². The molecule has 1 unspecified atom stereocenters. The summed E-state index contributed by atoms with van der Waals surface area (Å²) < 4.78 is 0. The predicted molar refractivity (Wildman–Crippen MR) is 59.0 cm³/mol. The second-order valence-corrected chi connectivity index (χ2v) is 3.61. The van der Waals surface area contributed by atoms with Gasteiger partial charge in [0.1, 0.15) is 6.04 Å². The van der Waals surface area contributed by atoms with E-state index in [1.807, 2.05) is 13.8 Å². The van der Waals surface area contributed by atoms with Crippen LogP contribution in [0.2, 0.25) is 0 Å². The number of nitrogens with two attached hydrogens (primary N) is 1. The summed E-state index contributed by atoms with van der Waals surface area (Å²) in [5.41, 5.74) is 5.15. The number of carbonyl (C=O) groups excluding carboxylic acids is 2. The minimum Gasteiger partial charge on any atom is -0.368 e. The van der Waals surface area contributed by atoms with Gasteiger partial charge >= 0.3 is 0 Å². The first-order valence-electron chi connectivity index (χ1n) is 4.89. The Morgan fingerprint density at radius 1 is 1.47 bits per heavy atom. The summed E-state index contributed by atoms with van der Waals surface area (Å²) in [6, 6.07) is -0.608. The highest BCUT2D eigenvalue weighted by molar-refractivity contribution is 5.87. The summed E-state index contributed by atoms with van der Waals surface area (Å²) in [6.45, 7) is 7.87. The molecule has 0 aromatic carbocycles. The van der Waals surface area contributed by atoms with Crippen molar-refractivity contribution in [3.63, 3.8) is 0 Å². The molecule has 5 heteroatoms. The van der Waals surface area contributed by atoms with Crippen molar-refractivity contribution in [1.29, 1.82) is 0 Å². The first-order chi connectivity index (χ1) is 6.99. The Labute approximate surface area is 90.1 Å². The van der Waals surface area contributed by atoms with Crippen LogP contribution in [0.4, 0.5) is 0 Å². The first-order valence-corrected chi connectivity index (χ1v) is 4.89. The van der Waals surface area contributed by atoms with Crippen LogP contribution < -0.4 is 16.4 Å². The molecule has 1 atom stereocenters. The summed E-state index contributed by atoms with van der Waals surface area (Å²) in [4.78, 5) is 22.3. The van der Waals surface area contributed by atoms with E-state index in [2.05, 4.69) is 17.2 Å². The van der Waals surface area contributed by atoms with Gasteiger partial charge in [-0.1, -0.05) is 19.9 Å². The molecule has 0 saturated heterocycles. The van der Waals surface area contributed by atoms with Crippen LogP contribution in [0.5, 0.6) is 0 Å². The normalized spacial score (nSPS) is 12.2. The molecule has 0 radical (unpaired) electrons. The number of hydrogen-bond donors (Lipinski definition) is 3. The maximum atomic E-state index is 11.3. The van der Waals surface area contributed by atoms with Crippen molar-refractivity contribution < 1.29 is 9.59 Å². The Morgan fingerprint density at radius 2 is 2.07 bits per heavy atom. The average molecular weight is 213 g/mol. The van der Waals surface area contributed by atoms with E-state index in [9.17, 15) is 9.59 Å². The molecule has 15 heavy (non-hydrogen) atoms. The van der Waals surface area contributed by atoms with Gasteiger partial charge in [0.2, 0.25) is 11.8 Å². The van der Waals surface area contributed by atoms with E-state index in [1.54, 1.807) is 6.08 Å². The topological polar surface area (TPSA) is 84.2 Å². The molecule has 0 aromatic rings. The molecule has 0 aliphatic rings. The minimum absolute atomic E-state index is 0.00847. The van der Waals surface area contributed by atoms with Crippen molar-refractivity contribution in [3.05, 3.63) is 12.7 Å². The SMILES string of the molecule is C=CCNCC(=O)NC(C(N)=O)C(C)C. The lowest BCUT2D eigenvalue weighted by Crippen LogP contribution is -2.50. The Morgan fingerprint density at radius 3 is 2.47 bits per heavy atom. The van der Waals surface area contributed by atoms with E-state index in [0.717, 1.165) is 0 Å². The third kappa shape index (κ3) is 5.85. The lowest BCUT2D eigenvalue weighted by molar-refractivity contribution is -0.127. The average Bonchev–Trinajstić information content (AvgIpc) is 2.13. The molecule has 0 spiro atoms. The van der Waals surface area contributed by atoms with E-state index >= 15 is 0 Å². The molecule has 5 nitrogen and oxygen atoms in total. The molecule has 0 aliphatic heterocycles. The number of rotatable bonds is 7. The standard InChI is InChI=1S/C10H19N3O2/c1-4-5-12-6-8(14)13-9(7(2)3)10(11)15/h4,7,9,12H,1,5-6H2,2-3H3,(H2,11,15)(H,13,14). The minimum atomic E-state index is -0.608. The smallest absolute Gasteiger partial charge is 0.240 e. The third-order valence-electron chi connectivity index (χ3n) is 1.86. The molecule has 0 heterocycles. The summed E-state index contributed by atoms with van der Waals surface area (Å²) in [7, 11) is 0. The molecular formula is C10H19N3O2. The summed E-state index contributed by atoms with van der Waals surface area (Å²) in [5.74, 6) is -0.762. The first kappa shape index (κ1) is 13.6. The van der Waals surface area contributed by atoms with Crippen LogP contribution in [-0.2, 0) is 9.59 Å². The van der Waals surface area contributed by atoms with Gasteiger partial charge < -0.3 is 16.4 Å². The van der Waals surface area contributed by atoms with Gasteiger partial charge in [-0.25, -0.2) is 0 Å². The van der Waals surface area contributed by atoms with Crippen LogP contribution >= 0.6 is 0 Å². The van der Waals surface area contributed by atoms with Gasteiger partial charge in [-0.15, -0.1) is 6.58 Å². The van der Waals surface area contributed by atoms with Crippen molar-refractivity contribution in [2.24, 2.45) is 11.7 Å². The molecule has 2 amide bonds. The van der Waals surface area contributed by atoms with Crippen molar-refractivity contribution in [3.8, 4) is 0 Å². The summed E-state index contributed by atoms with van der Waals surface area (Å²) in [5, 5.41) is 5.40. The van der Waals surface area contributed by atoms with Crippen LogP contribution in [0.1, 0.15) is 13.8 Å². The molecule has 4 N–H and O–H groups in total. The fourth-order valence-electron chi connectivity index (χ4n) is 1.08. The van der Waals surface area contributed by atoms with Gasteiger partial charge in [-0.2, -0.15) is 0 Å². The molecule has 0 aromatic heterocycles. The quantitative estimate of drug-likeness (QED) is 0.389. The van der Waals surface area contributed by atoms with Gasteiger partial charge in [-0.3, -0.25) is 9.59 Å². The number of nitrogens with one attached hydrogen (secondary N) is 2. The molecule has 0 aliphatic carbocycles.